The minimum atomic E-state index is -2.08. The molecule has 1 aliphatic heterocycles. The number of halogens is 2. The molecule has 11 heteroatoms. The second-order valence-electron chi connectivity index (χ2n) is 7.46. The van der Waals surface area contributed by atoms with Gasteiger partial charge in [0.2, 0.25) is 5.88 Å². The third-order valence-electron chi connectivity index (χ3n) is 4.66. The summed E-state index contributed by atoms with van der Waals surface area (Å²) in [5, 5.41) is 9.35. The Morgan fingerprint density at radius 1 is 1.10 bits per heavy atom. The van der Waals surface area contributed by atoms with Gasteiger partial charge in [-0.25, -0.2) is 23.7 Å². The average Bonchev–Trinajstić information content (AvgIpc) is 2.75. The number of nitrogens with zero attached hydrogens (tertiary/aromatic N) is 4. The molecular weight excluding hydrogens is 426 g/mol. The van der Waals surface area contributed by atoms with Gasteiger partial charge in [-0.1, -0.05) is 0 Å². The van der Waals surface area contributed by atoms with Gasteiger partial charge < -0.3 is 18.8 Å². The van der Waals surface area contributed by atoms with Crippen molar-refractivity contribution < 1.29 is 23.1 Å². The van der Waals surface area contributed by atoms with Gasteiger partial charge in [-0.05, 0) is 37.4 Å². The van der Waals surface area contributed by atoms with Crippen molar-refractivity contribution in [3.05, 3.63) is 58.6 Å². The molecule has 8 nitrogen and oxygen atoms in total. The fraction of sp³-hybridized carbons (Fsp3) is 0.200. The average molecular weight is 444 g/mol. The highest BCUT2D eigenvalue weighted by atomic mass is 28.4. The van der Waals surface area contributed by atoms with Gasteiger partial charge in [0.25, 0.3) is 13.9 Å². The number of hydrogen-bond acceptors (Lipinski definition) is 7. The summed E-state index contributed by atoms with van der Waals surface area (Å²) in [6, 6.07) is 5.47. The highest BCUT2D eigenvalue weighted by molar-refractivity contribution is 6.71. The number of phenolic OH excluding ortho intramolecular Hbond substituents is 1. The van der Waals surface area contributed by atoms with E-state index in [1.54, 1.807) is 10.6 Å². The van der Waals surface area contributed by atoms with Crippen LogP contribution in [-0.2, 0) is 6.17 Å². The summed E-state index contributed by atoms with van der Waals surface area (Å²) in [6.45, 7) is 3.92. The summed E-state index contributed by atoms with van der Waals surface area (Å²) in [7, 11) is -0.662. The summed E-state index contributed by atoms with van der Waals surface area (Å²) in [4.78, 5) is 23.6. The molecule has 0 unspecified atom stereocenters. The Hall–Kier alpha value is -3.60. The normalized spacial score (nSPS) is 14.0. The van der Waals surface area contributed by atoms with Gasteiger partial charge >= 0.3 is 0 Å². The standard InChI is InChI=1S/C11H11FN2O2Si.C9H7FN2O2/c1-17(2)6-14-9(15)5-13-8-4-3-7(12)11(16-17)10(8)14;1-14-7-4-11-6-3-2-5(10)9(13)8(6)12-7/h3-5H,6H2,1-2H3;2-4,13H,1H3. The largest absolute Gasteiger partial charge is 0.539 e. The van der Waals surface area contributed by atoms with Crippen molar-refractivity contribution in [2.75, 3.05) is 7.11 Å². The fourth-order valence-electron chi connectivity index (χ4n) is 3.27. The van der Waals surface area contributed by atoms with Crippen molar-refractivity contribution in [2.45, 2.75) is 19.3 Å². The summed E-state index contributed by atoms with van der Waals surface area (Å²) in [5.41, 5.74) is 1.39. The van der Waals surface area contributed by atoms with E-state index in [1.165, 1.54) is 31.6 Å². The van der Waals surface area contributed by atoms with E-state index in [0.29, 0.717) is 22.7 Å². The van der Waals surface area contributed by atoms with Crippen LogP contribution < -0.4 is 14.7 Å². The zero-order chi connectivity index (χ0) is 22.3. The SMILES string of the molecule is COc1cnc2ccc(F)c(O)c2n1.C[Si]1(C)Cn2c(=O)cnc3ccc(F)c(c32)O1. The minimum absolute atomic E-state index is 0.101. The lowest BCUT2D eigenvalue weighted by Gasteiger charge is -2.31. The number of aromatic nitrogens is 4. The Labute approximate surface area is 175 Å². The number of phenols is 1. The molecule has 31 heavy (non-hydrogen) atoms. The van der Waals surface area contributed by atoms with E-state index >= 15 is 0 Å². The molecule has 5 rings (SSSR count). The molecular formula is C20H18F2N4O4Si. The first kappa shape index (κ1) is 20.7. The van der Waals surface area contributed by atoms with Crippen molar-refractivity contribution in [1.29, 1.82) is 0 Å². The zero-order valence-corrected chi connectivity index (χ0v) is 17.9. The van der Waals surface area contributed by atoms with Crippen LogP contribution in [0.2, 0.25) is 13.1 Å². The molecule has 0 fully saturated rings. The molecule has 0 amide bonds. The molecule has 1 aliphatic rings. The number of benzene rings is 2. The second kappa shape index (κ2) is 7.58. The highest BCUT2D eigenvalue weighted by Crippen LogP contribution is 2.33. The maximum absolute atomic E-state index is 13.8. The van der Waals surface area contributed by atoms with Gasteiger partial charge in [0.15, 0.2) is 23.1 Å². The third kappa shape index (κ3) is 3.79. The van der Waals surface area contributed by atoms with Crippen molar-refractivity contribution in [3.63, 3.8) is 0 Å². The van der Waals surface area contributed by atoms with Crippen LogP contribution in [0.15, 0.2) is 41.5 Å². The molecule has 0 saturated heterocycles. The van der Waals surface area contributed by atoms with Crippen LogP contribution in [0, 0.1) is 11.6 Å². The summed E-state index contributed by atoms with van der Waals surface area (Å²) < 4.78 is 38.8. The monoisotopic (exact) mass is 444 g/mol. The minimum Gasteiger partial charge on any atom is -0.539 e. The van der Waals surface area contributed by atoms with E-state index in [0.717, 1.165) is 6.07 Å². The number of methoxy groups -OCH3 is 1. The summed E-state index contributed by atoms with van der Waals surface area (Å²) in [6.07, 6.45) is 3.21. The Bertz CT molecular complexity index is 1380. The second-order valence-corrected chi connectivity index (χ2v) is 11.5. The first-order valence-electron chi connectivity index (χ1n) is 9.25. The fourth-order valence-corrected chi connectivity index (χ4v) is 5.16. The van der Waals surface area contributed by atoms with Crippen LogP contribution in [0.3, 0.4) is 0 Å². The number of hydrogen-bond donors (Lipinski definition) is 1. The van der Waals surface area contributed by atoms with Crippen molar-refractivity contribution in [1.82, 2.24) is 19.5 Å². The van der Waals surface area contributed by atoms with Gasteiger partial charge in [0, 0.05) is 0 Å². The van der Waals surface area contributed by atoms with E-state index < -0.39 is 25.7 Å². The molecule has 0 spiro atoms. The molecule has 0 bridgehead atoms. The number of ether oxygens (including phenoxy) is 1. The van der Waals surface area contributed by atoms with E-state index in [4.69, 9.17) is 9.16 Å². The van der Waals surface area contributed by atoms with Crippen LogP contribution in [0.25, 0.3) is 22.1 Å². The molecule has 0 saturated carbocycles. The molecule has 3 heterocycles. The van der Waals surface area contributed by atoms with Crippen molar-refractivity contribution in [3.8, 4) is 17.4 Å². The van der Waals surface area contributed by atoms with Crippen molar-refractivity contribution >= 4 is 30.4 Å². The summed E-state index contributed by atoms with van der Waals surface area (Å²) >= 11 is 0. The lowest BCUT2D eigenvalue weighted by atomic mass is 10.2. The first-order valence-corrected chi connectivity index (χ1v) is 12.4. The van der Waals surface area contributed by atoms with Gasteiger partial charge in [-0.2, -0.15) is 0 Å². The predicted octanol–water partition coefficient (Wildman–Crippen LogP) is 3.16. The van der Waals surface area contributed by atoms with Crippen molar-refractivity contribution in [2.24, 2.45) is 0 Å². The quantitative estimate of drug-likeness (QED) is 0.450. The van der Waals surface area contributed by atoms with Crippen LogP contribution in [-0.4, -0.2) is 40.1 Å². The predicted molar refractivity (Wildman–Crippen MR) is 112 cm³/mol. The Kier molecular flexibility index (Phi) is 5.05. The molecule has 0 atom stereocenters. The molecule has 1 N–H and O–H groups in total. The maximum atomic E-state index is 13.8. The lowest BCUT2D eigenvalue weighted by Crippen LogP contribution is -2.46. The van der Waals surface area contributed by atoms with Gasteiger partial charge in [-0.15, -0.1) is 0 Å². The topological polar surface area (TPSA) is 99.4 Å². The highest BCUT2D eigenvalue weighted by Gasteiger charge is 2.34. The van der Waals surface area contributed by atoms with E-state index in [2.05, 4.69) is 15.0 Å². The van der Waals surface area contributed by atoms with Crippen LogP contribution >= 0.6 is 0 Å². The maximum Gasteiger partial charge on any atom is 0.269 e. The Balaban J connectivity index is 0.000000152. The third-order valence-corrected chi connectivity index (χ3v) is 6.49. The van der Waals surface area contributed by atoms with Crippen LogP contribution in [0.1, 0.15) is 0 Å². The summed E-state index contributed by atoms with van der Waals surface area (Å²) in [5.74, 6) is -1.25. The van der Waals surface area contributed by atoms with Gasteiger partial charge in [0.1, 0.15) is 11.0 Å². The van der Waals surface area contributed by atoms with E-state index in [9.17, 15) is 18.7 Å². The number of rotatable bonds is 1. The molecule has 4 aromatic rings. The molecule has 2 aromatic heterocycles. The molecule has 0 radical (unpaired) electrons. The molecule has 160 valence electrons. The van der Waals surface area contributed by atoms with Crippen LogP contribution in [0.5, 0.6) is 17.4 Å². The van der Waals surface area contributed by atoms with Gasteiger partial charge in [0.05, 0.1) is 36.7 Å². The Morgan fingerprint density at radius 3 is 2.52 bits per heavy atom. The number of fused-ring (bicyclic) bond motifs is 1. The zero-order valence-electron chi connectivity index (χ0n) is 16.9. The smallest absolute Gasteiger partial charge is 0.269 e. The van der Waals surface area contributed by atoms with Gasteiger partial charge in [-0.3, -0.25) is 4.79 Å². The number of aromatic hydroxyl groups is 1. The van der Waals surface area contributed by atoms with Crippen LogP contribution in [0.4, 0.5) is 8.78 Å². The molecule has 2 aromatic carbocycles. The lowest BCUT2D eigenvalue weighted by molar-refractivity contribution is 0.395. The van der Waals surface area contributed by atoms with E-state index in [1.807, 2.05) is 13.1 Å². The Morgan fingerprint density at radius 2 is 1.77 bits per heavy atom. The van der Waals surface area contributed by atoms with E-state index in [-0.39, 0.29) is 22.7 Å². The molecule has 0 aliphatic carbocycles. The first-order chi connectivity index (χ1) is 14.7.